The second-order valence-electron chi connectivity index (χ2n) is 3.37. The lowest BCUT2D eigenvalue weighted by Gasteiger charge is -2.05. The number of hydrogen-bond donors (Lipinski definition) is 0. The van der Waals surface area contributed by atoms with Crippen LogP contribution in [0.2, 0.25) is 0 Å². The van der Waals surface area contributed by atoms with Crippen molar-refractivity contribution in [3.8, 4) is 0 Å². The molecule has 0 unspecified atom stereocenters. The highest BCUT2D eigenvalue weighted by Crippen LogP contribution is 2.18. The highest BCUT2D eigenvalue weighted by Gasteiger charge is 1.97. The molecule has 0 fully saturated rings. The summed E-state index contributed by atoms with van der Waals surface area (Å²) in [5.41, 5.74) is 2.59. The normalized spacial score (nSPS) is 11.4. The zero-order chi connectivity index (χ0) is 10.9. The molecule has 0 aliphatic rings. The van der Waals surface area contributed by atoms with Gasteiger partial charge in [-0.25, -0.2) is 0 Å². The first-order valence-electron chi connectivity index (χ1n) is 5.22. The van der Waals surface area contributed by atoms with E-state index in [9.17, 15) is 0 Å². The van der Waals surface area contributed by atoms with Crippen LogP contribution in [0.4, 0.5) is 0 Å². The van der Waals surface area contributed by atoms with Gasteiger partial charge in [0.1, 0.15) is 0 Å². The predicted octanol–water partition coefficient (Wildman–Crippen LogP) is 3.68. The SMILES string of the molecule is C=CC/C(=C\CCOC)c1ccccc1. The molecular weight excluding hydrogens is 184 g/mol. The van der Waals surface area contributed by atoms with E-state index in [1.807, 2.05) is 12.1 Å². The molecule has 1 heteroatoms. The summed E-state index contributed by atoms with van der Waals surface area (Å²) in [5, 5.41) is 0. The van der Waals surface area contributed by atoms with E-state index in [0.717, 1.165) is 19.4 Å². The summed E-state index contributed by atoms with van der Waals surface area (Å²) in [6, 6.07) is 10.4. The summed E-state index contributed by atoms with van der Waals surface area (Å²) in [5.74, 6) is 0. The van der Waals surface area contributed by atoms with E-state index in [0.29, 0.717) is 0 Å². The van der Waals surface area contributed by atoms with Gasteiger partial charge in [0, 0.05) is 13.7 Å². The number of ether oxygens (including phenoxy) is 1. The first-order valence-corrected chi connectivity index (χ1v) is 5.22. The fourth-order valence-corrected chi connectivity index (χ4v) is 1.48. The van der Waals surface area contributed by atoms with E-state index < -0.39 is 0 Å². The van der Waals surface area contributed by atoms with Crippen LogP contribution in [-0.4, -0.2) is 13.7 Å². The molecule has 0 spiro atoms. The van der Waals surface area contributed by atoms with Crippen LogP contribution in [0.25, 0.3) is 5.57 Å². The van der Waals surface area contributed by atoms with Gasteiger partial charge in [0.15, 0.2) is 0 Å². The van der Waals surface area contributed by atoms with Crippen LogP contribution < -0.4 is 0 Å². The van der Waals surface area contributed by atoms with Crippen LogP contribution in [0.1, 0.15) is 18.4 Å². The Morgan fingerprint density at radius 2 is 2.07 bits per heavy atom. The molecule has 0 aliphatic carbocycles. The number of methoxy groups -OCH3 is 1. The maximum atomic E-state index is 5.04. The molecule has 0 saturated heterocycles. The minimum absolute atomic E-state index is 0.771. The highest BCUT2D eigenvalue weighted by molar-refractivity contribution is 5.66. The van der Waals surface area contributed by atoms with E-state index in [2.05, 4.69) is 36.9 Å². The van der Waals surface area contributed by atoms with E-state index >= 15 is 0 Å². The van der Waals surface area contributed by atoms with Crippen LogP contribution in [0.5, 0.6) is 0 Å². The second-order valence-corrected chi connectivity index (χ2v) is 3.37. The van der Waals surface area contributed by atoms with Crippen LogP contribution in [-0.2, 0) is 4.74 Å². The molecule has 1 aromatic carbocycles. The van der Waals surface area contributed by atoms with Crippen molar-refractivity contribution in [1.82, 2.24) is 0 Å². The molecule has 15 heavy (non-hydrogen) atoms. The van der Waals surface area contributed by atoms with Crippen molar-refractivity contribution in [2.45, 2.75) is 12.8 Å². The van der Waals surface area contributed by atoms with Gasteiger partial charge >= 0.3 is 0 Å². The number of allylic oxidation sites excluding steroid dienone is 2. The fourth-order valence-electron chi connectivity index (χ4n) is 1.48. The third-order valence-electron chi connectivity index (χ3n) is 2.22. The molecule has 1 rings (SSSR count). The molecular formula is C14H18O. The summed E-state index contributed by atoms with van der Waals surface area (Å²) in [4.78, 5) is 0. The average molecular weight is 202 g/mol. The van der Waals surface area contributed by atoms with Crippen LogP contribution in [0.3, 0.4) is 0 Å². The van der Waals surface area contributed by atoms with Crippen molar-refractivity contribution >= 4 is 5.57 Å². The highest BCUT2D eigenvalue weighted by atomic mass is 16.5. The quantitative estimate of drug-likeness (QED) is 0.505. The summed E-state index contributed by atoms with van der Waals surface area (Å²) in [6.07, 6.45) is 6.02. The van der Waals surface area contributed by atoms with Crippen molar-refractivity contribution in [2.24, 2.45) is 0 Å². The lowest BCUT2D eigenvalue weighted by molar-refractivity contribution is 0.204. The Hall–Kier alpha value is -1.34. The van der Waals surface area contributed by atoms with Gasteiger partial charge in [-0.3, -0.25) is 0 Å². The number of benzene rings is 1. The Balaban J connectivity index is 2.73. The lowest BCUT2D eigenvalue weighted by Crippen LogP contribution is -1.88. The predicted molar refractivity (Wildman–Crippen MR) is 65.7 cm³/mol. The Morgan fingerprint density at radius 3 is 2.67 bits per heavy atom. The molecule has 0 aliphatic heterocycles. The van der Waals surface area contributed by atoms with Crippen molar-refractivity contribution in [3.63, 3.8) is 0 Å². The Morgan fingerprint density at radius 1 is 1.33 bits per heavy atom. The van der Waals surface area contributed by atoms with Crippen molar-refractivity contribution in [1.29, 1.82) is 0 Å². The van der Waals surface area contributed by atoms with E-state index in [1.54, 1.807) is 7.11 Å². The summed E-state index contributed by atoms with van der Waals surface area (Å²) in [6.45, 7) is 4.55. The van der Waals surface area contributed by atoms with Crippen molar-refractivity contribution < 1.29 is 4.74 Å². The molecule has 1 aromatic rings. The molecule has 0 N–H and O–H groups in total. The molecule has 0 atom stereocenters. The van der Waals surface area contributed by atoms with Gasteiger partial charge in [-0.15, -0.1) is 6.58 Å². The Kier molecular flexibility index (Phi) is 5.49. The van der Waals surface area contributed by atoms with E-state index in [1.165, 1.54) is 11.1 Å². The summed E-state index contributed by atoms with van der Waals surface area (Å²) < 4.78 is 5.04. The molecule has 0 amide bonds. The minimum atomic E-state index is 0.771. The van der Waals surface area contributed by atoms with Gasteiger partial charge in [-0.05, 0) is 24.0 Å². The smallest absolute Gasteiger partial charge is 0.0496 e. The molecule has 0 heterocycles. The van der Waals surface area contributed by atoms with Crippen LogP contribution in [0, 0.1) is 0 Å². The molecule has 0 radical (unpaired) electrons. The summed E-state index contributed by atoms with van der Waals surface area (Å²) >= 11 is 0. The molecule has 1 nitrogen and oxygen atoms in total. The molecule has 80 valence electrons. The van der Waals surface area contributed by atoms with E-state index in [-0.39, 0.29) is 0 Å². The maximum Gasteiger partial charge on any atom is 0.0496 e. The number of hydrogen-bond acceptors (Lipinski definition) is 1. The average Bonchev–Trinajstić information content (AvgIpc) is 2.29. The first kappa shape index (κ1) is 11.7. The largest absolute Gasteiger partial charge is 0.384 e. The zero-order valence-electron chi connectivity index (χ0n) is 9.28. The van der Waals surface area contributed by atoms with Gasteiger partial charge in [0.25, 0.3) is 0 Å². The van der Waals surface area contributed by atoms with Crippen molar-refractivity contribution in [2.75, 3.05) is 13.7 Å². The summed E-state index contributed by atoms with van der Waals surface area (Å²) in [7, 11) is 1.73. The standard InChI is InChI=1S/C14H18O/c1-3-8-13(11-7-12-15-2)14-9-5-4-6-10-14/h3-6,9-11H,1,7-8,12H2,2H3/b13-11+. The molecule has 0 aromatic heterocycles. The first-order chi connectivity index (χ1) is 7.38. The monoisotopic (exact) mass is 202 g/mol. The van der Waals surface area contributed by atoms with Crippen LogP contribution >= 0.6 is 0 Å². The maximum absolute atomic E-state index is 5.04. The van der Waals surface area contributed by atoms with Crippen molar-refractivity contribution in [3.05, 3.63) is 54.6 Å². The third-order valence-corrected chi connectivity index (χ3v) is 2.22. The van der Waals surface area contributed by atoms with Gasteiger partial charge in [-0.1, -0.05) is 42.5 Å². The van der Waals surface area contributed by atoms with Gasteiger partial charge in [0.05, 0.1) is 0 Å². The van der Waals surface area contributed by atoms with Gasteiger partial charge < -0.3 is 4.74 Å². The third kappa shape index (κ3) is 4.13. The van der Waals surface area contributed by atoms with Gasteiger partial charge in [0.2, 0.25) is 0 Å². The Labute approximate surface area is 92.1 Å². The lowest BCUT2D eigenvalue weighted by atomic mass is 10.0. The van der Waals surface area contributed by atoms with Crippen LogP contribution in [0.15, 0.2) is 49.1 Å². The fraction of sp³-hybridized carbons (Fsp3) is 0.286. The topological polar surface area (TPSA) is 9.23 Å². The van der Waals surface area contributed by atoms with Gasteiger partial charge in [-0.2, -0.15) is 0 Å². The Bertz CT molecular complexity index is 311. The molecule has 0 saturated carbocycles. The second kappa shape index (κ2) is 7.02. The van der Waals surface area contributed by atoms with E-state index in [4.69, 9.17) is 4.74 Å². The zero-order valence-corrected chi connectivity index (χ0v) is 9.28. The minimum Gasteiger partial charge on any atom is -0.384 e. The molecule has 0 bridgehead atoms. The number of rotatable bonds is 6.